The van der Waals surface area contributed by atoms with Gasteiger partial charge in [0.05, 0.1) is 22.2 Å². The average molecular weight is 262 g/mol. The van der Waals surface area contributed by atoms with Crippen molar-refractivity contribution in [2.24, 2.45) is 5.73 Å². The Labute approximate surface area is 100 Å². The van der Waals surface area contributed by atoms with Gasteiger partial charge in [-0.1, -0.05) is 28.4 Å². The van der Waals surface area contributed by atoms with Gasteiger partial charge < -0.3 is 10.3 Å². The number of nitrogens with zero attached hydrogens (tertiary/aromatic N) is 2. The molecule has 0 aliphatic rings. The number of aromatic nitrogens is 2. The topological polar surface area (TPSA) is 64.9 Å². The van der Waals surface area contributed by atoms with Crippen molar-refractivity contribution in [1.82, 2.24) is 10.1 Å². The van der Waals surface area contributed by atoms with Gasteiger partial charge in [0.15, 0.2) is 5.82 Å². The van der Waals surface area contributed by atoms with Crippen LogP contribution in [0.2, 0.25) is 10.0 Å². The maximum absolute atomic E-state index is 13.7. The summed E-state index contributed by atoms with van der Waals surface area (Å²) in [6.07, 6.45) is 0. The van der Waals surface area contributed by atoms with Crippen molar-refractivity contribution >= 4 is 23.2 Å². The Morgan fingerprint density at radius 2 is 2.00 bits per heavy atom. The van der Waals surface area contributed by atoms with Crippen LogP contribution in [-0.2, 0) is 6.54 Å². The summed E-state index contributed by atoms with van der Waals surface area (Å²) in [5.74, 6) is -0.450. The molecular formula is C9H6Cl2FN3O. The molecule has 0 unspecified atom stereocenters. The summed E-state index contributed by atoms with van der Waals surface area (Å²) in [7, 11) is 0. The molecule has 0 saturated carbocycles. The van der Waals surface area contributed by atoms with Crippen LogP contribution in [0.15, 0.2) is 16.7 Å². The molecule has 0 atom stereocenters. The van der Waals surface area contributed by atoms with E-state index in [0.29, 0.717) is 0 Å². The Bertz CT molecular complexity index is 529. The Hall–Kier alpha value is -1.17. The van der Waals surface area contributed by atoms with Crippen LogP contribution in [0.4, 0.5) is 4.39 Å². The van der Waals surface area contributed by atoms with E-state index >= 15 is 0 Å². The van der Waals surface area contributed by atoms with E-state index in [9.17, 15) is 4.39 Å². The third-order valence-corrected chi connectivity index (χ3v) is 2.52. The Balaban J connectivity index is 2.58. The van der Waals surface area contributed by atoms with Crippen LogP contribution < -0.4 is 5.73 Å². The van der Waals surface area contributed by atoms with Crippen LogP contribution in [0.1, 0.15) is 5.89 Å². The first kappa shape index (κ1) is 11.3. The molecule has 0 aliphatic heterocycles. The van der Waals surface area contributed by atoms with Crippen LogP contribution >= 0.6 is 23.2 Å². The Kier molecular flexibility index (Phi) is 3.09. The van der Waals surface area contributed by atoms with Gasteiger partial charge in [-0.25, -0.2) is 4.39 Å². The minimum atomic E-state index is -0.682. The van der Waals surface area contributed by atoms with Gasteiger partial charge in [-0.3, -0.25) is 0 Å². The Morgan fingerprint density at radius 1 is 1.31 bits per heavy atom. The highest BCUT2D eigenvalue weighted by molar-refractivity contribution is 6.35. The lowest BCUT2D eigenvalue weighted by molar-refractivity contribution is 0.380. The van der Waals surface area contributed by atoms with E-state index in [-0.39, 0.29) is 33.9 Å². The van der Waals surface area contributed by atoms with E-state index < -0.39 is 5.82 Å². The summed E-state index contributed by atoms with van der Waals surface area (Å²) >= 11 is 11.5. The lowest BCUT2D eigenvalue weighted by Crippen LogP contribution is -1.96. The van der Waals surface area contributed by atoms with E-state index in [1.807, 2.05) is 0 Å². The molecule has 0 fully saturated rings. The number of nitrogens with two attached hydrogens (primary N) is 1. The number of hydrogen-bond acceptors (Lipinski definition) is 4. The minimum Gasteiger partial charge on any atom is -0.338 e. The first-order valence-corrected chi connectivity index (χ1v) is 5.05. The summed E-state index contributed by atoms with van der Waals surface area (Å²) in [6.45, 7) is 0.0762. The van der Waals surface area contributed by atoms with Gasteiger partial charge >= 0.3 is 0 Å². The smallest absolute Gasteiger partial charge is 0.240 e. The van der Waals surface area contributed by atoms with E-state index in [4.69, 9.17) is 33.5 Å². The van der Waals surface area contributed by atoms with Crippen molar-refractivity contribution < 1.29 is 8.91 Å². The summed E-state index contributed by atoms with van der Waals surface area (Å²) < 4.78 is 18.5. The average Bonchev–Trinajstić information content (AvgIpc) is 2.73. The van der Waals surface area contributed by atoms with Gasteiger partial charge in [0.2, 0.25) is 11.7 Å². The zero-order chi connectivity index (χ0) is 11.7. The fourth-order valence-corrected chi connectivity index (χ4v) is 1.56. The van der Waals surface area contributed by atoms with Crippen molar-refractivity contribution in [1.29, 1.82) is 0 Å². The maximum atomic E-state index is 13.7. The van der Waals surface area contributed by atoms with Crippen LogP contribution in [0.3, 0.4) is 0 Å². The van der Waals surface area contributed by atoms with Crippen LogP contribution in [0.5, 0.6) is 0 Å². The van der Waals surface area contributed by atoms with Crippen LogP contribution in [-0.4, -0.2) is 10.1 Å². The third kappa shape index (κ3) is 1.89. The summed E-state index contributed by atoms with van der Waals surface area (Å²) in [6, 6.07) is 2.81. The SMILES string of the molecule is NCc1nc(-c2c(Cl)ccc(Cl)c2F)no1. The molecule has 4 nitrogen and oxygen atoms in total. The second kappa shape index (κ2) is 4.37. The molecule has 1 aromatic carbocycles. The summed E-state index contributed by atoms with van der Waals surface area (Å²) in [4.78, 5) is 3.88. The molecule has 84 valence electrons. The molecule has 1 heterocycles. The molecule has 2 rings (SSSR count). The monoisotopic (exact) mass is 261 g/mol. The molecule has 0 aliphatic carbocycles. The lowest BCUT2D eigenvalue weighted by atomic mass is 10.2. The molecule has 0 amide bonds. The maximum Gasteiger partial charge on any atom is 0.240 e. The normalized spacial score (nSPS) is 10.8. The zero-order valence-electron chi connectivity index (χ0n) is 7.88. The molecule has 0 saturated heterocycles. The lowest BCUT2D eigenvalue weighted by Gasteiger charge is -2.01. The largest absolute Gasteiger partial charge is 0.338 e. The molecule has 7 heteroatoms. The molecule has 0 spiro atoms. The van der Waals surface area contributed by atoms with Crippen LogP contribution in [0, 0.1) is 5.82 Å². The van der Waals surface area contributed by atoms with Crippen LogP contribution in [0.25, 0.3) is 11.4 Å². The van der Waals surface area contributed by atoms with Crippen molar-refractivity contribution in [2.75, 3.05) is 0 Å². The number of halogens is 3. The second-order valence-electron chi connectivity index (χ2n) is 2.93. The second-order valence-corrected chi connectivity index (χ2v) is 3.75. The predicted octanol–water partition coefficient (Wildman–Crippen LogP) is 2.64. The summed E-state index contributed by atoms with van der Waals surface area (Å²) in [5, 5.41) is 3.67. The van der Waals surface area contributed by atoms with Gasteiger partial charge in [0.1, 0.15) is 0 Å². The van der Waals surface area contributed by atoms with E-state index in [0.717, 1.165) is 0 Å². The standard InChI is InChI=1S/C9H6Cl2FN3O/c10-4-1-2-5(11)8(12)7(4)9-14-6(3-13)16-15-9/h1-2H,3,13H2. The molecular weight excluding hydrogens is 256 g/mol. The highest BCUT2D eigenvalue weighted by Gasteiger charge is 2.18. The van der Waals surface area contributed by atoms with E-state index in [1.54, 1.807) is 0 Å². The fourth-order valence-electron chi connectivity index (χ4n) is 1.17. The Morgan fingerprint density at radius 3 is 2.62 bits per heavy atom. The first-order valence-electron chi connectivity index (χ1n) is 4.30. The first-order chi connectivity index (χ1) is 7.63. The number of hydrogen-bond donors (Lipinski definition) is 1. The van der Waals surface area contributed by atoms with Gasteiger partial charge in [0, 0.05) is 0 Å². The van der Waals surface area contributed by atoms with Gasteiger partial charge in [-0.05, 0) is 12.1 Å². The van der Waals surface area contributed by atoms with Crippen molar-refractivity contribution in [3.8, 4) is 11.4 Å². The molecule has 0 bridgehead atoms. The van der Waals surface area contributed by atoms with E-state index in [2.05, 4.69) is 10.1 Å². The molecule has 2 aromatic rings. The van der Waals surface area contributed by atoms with E-state index in [1.165, 1.54) is 12.1 Å². The quantitative estimate of drug-likeness (QED) is 0.845. The third-order valence-electron chi connectivity index (χ3n) is 1.91. The minimum absolute atomic E-state index is 0.0117. The molecule has 16 heavy (non-hydrogen) atoms. The molecule has 2 N–H and O–H groups in total. The van der Waals surface area contributed by atoms with Crippen molar-refractivity contribution in [3.05, 3.63) is 33.9 Å². The van der Waals surface area contributed by atoms with Crippen molar-refractivity contribution in [3.63, 3.8) is 0 Å². The van der Waals surface area contributed by atoms with Gasteiger partial charge in [-0.15, -0.1) is 0 Å². The fraction of sp³-hybridized carbons (Fsp3) is 0.111. The number of benzene rings is 1. The number of rotatable bonds is 2. The predicted molar refractivity (Wildman–Crippen MR) is 57.6 cm³/mol. The highest BCUT2D eigenvalue weighted by Crippen LogP contribution is 2.32. The zero-order valence-corrected chi connectivity index (χ0v) is 9.39. The van der Waals surface area contributed by atoms with Crippen molar-refractivity contribution in [2.45, 2.75) is 6.54 Å². The molecule has 1 aromatic heterocycles. The van der Waals surface area contributed by atoms with Gasteiger partial charge in [-0.2, -0.15) is 4.98 Å². The summed E-state index contributed by atoms with van der Waals surface area (Å²) in [5.41, 5.74) is 5.31. The van der Waals surface area contributed by atoms with Gasteiger partial charge in [0.25, 0.3) is 0 Å². The molecule has 0 radical (unpaired) electrons. The highest BCUT2D eigenvalue weighted by atomic mass is 35.5.